The zero-order valence-electron chi connectivity index (χ0n) is 15.3. The molecule has 0 aliphatic carbocycles. The van der Waals surface area contributed by atoms with Crippen molar-refractivity contribution >= 4 is 12.1 Å². The topological polar surface area (TPSA) is 70.1 Å². The second kappa shape index (κ2) is 8.34. The van der Waals surface area contributed by atoms with Crippen molar-refractivity contribution in [1.82, 2.24) is 9.80 Å². The molecule has 1 aliphatic heterocycles. The lowest BCUT2D eigenvalue weighted by Gasteiger charge is -2.38. The average molecular weight is 348 g/mol. The predicted octanol–water partition coefficient (Wildman–Crippen LogP) is 2.97. The van der Waals surface area contributed by atoms with Gasteiger partial charge >= 0.3 is 12.1 Å². The van der Waals surface area contributed by atoms with Crippen LogP contribution in [0.25, 0.3) is 0 Å². The van der Waals surface area contributed by atoms with Gasteiger partial charge < -0.3 is 9.84 Å². The number of nitrogens with zero attached hydrogens (tertiary/aromatic N) is 2. The van der Waals surface area contributed by atoms with Crippen molar-refractivity contribution in [2.75, 3.05) is 19.6 Å². The summed E-state index contributed by atoms with van der Waals surface area (Å²) in [6, 6.07) is 10.2. The van der Waals surface area contributed by atoms with Crippen LogP contribution in [0.5, 0.6) is 0 Å². The Morgan fingerprint density at radius 3 is 2.32 bits per heavy atom. The van der Waals surface area contributed by atoms with E-state index in [1.807, 2.05) is 18.2 Å². The standard InChI is InChI=1S/C19H28N2O4/c1-19(2,3)25-18(24)21(14-17(22)23)16-9-11-20(12-10-16)13-15-7-5-4-6-8-15/h4-8,16H,9-14H2,1-3H3,(H,22,23). The van der Waals surface area contributed by atoms with Crippen LogP contribution >= 0.6 is 0 Å². The van der Waals surface area contributed by atoms with Crippen LogP contribution in [-0.4, -0.2) is 58.2 Å². The molecule has 2 rings (SSSR count). The van der Waals surface area contributed by atoms with Crippen molar-refractivity contribution < 1.29 is 19.4 Å². The smallest absolute Gasteiger partial charge is 0.411 e. The average Bonchev–Trinajstić information content (AvgIpc) is 2.53. The monoisotopic (exact) mass is 348 g/mol. The summed E-state index contributed by atoms with van der Waals surface area (Å²) in [5.74, 6) is -1.02. The largest absolute Gasteiger partial charge is 0.480 e. The molecule has 6 heteroatoms. The number of amides is 1. The van der Waals surface area contributed by atoms with Crippen molar-refractivity contribution in [1.29, 1.82) is 0 Å². The summed E-state index contributed by atoms with van der Waals surface area (Å²) >= 11 is 0. The van der Waals surface area contributed by atoms with Gasteiger partial charge in [-0.15, -0.1) is 0 Å². The van der Waals surface area contributed by atoms with E-state index in [0.717, 1.165) is 32.5 Å². The lowest BCUT2D eigenvalue weighted by molar-refractivity contribution is -0.139. The van der Waals surface area contributed by atoms with Gasteiger partial charge in [0.15, 0.2) is 0 Å². The van der Waals surface area contributed by atoms with Gasteiger partial charge in [-0.25, -0.2) is 4.79 Å². The third-order valence-corrected chi connectivity index (χ3v) is 4.18. The number of aliphatic carboxylic acids is 1. The molecule has 1 aromatic carbocycles. The molecule has 0 aromatic heterocycles. The molecule has 1 heterocycles. The molecular weight excluding hydrogens is 320 g/mol. The molecule has 1 aliphatic rings. The Labute approximate surface area is 149 Å². The summed E-state index contributed by atoms with van der Waals surface area (Å²) in [6.45, 7) is 7.57. The maximum absolute atomic E-state index is 12.4. The maximum Gasteiger partial charge on any atom is 0.411 e. The summed E-state index contributed by atoms with van der Waals surface area (Å²) in [4.78, 5) is 27.3. The minimum atomic E-state index is -1.02. The van der Waals surface area contributed by atoms with Crippen molar-refractivity contribution in [3.8, 4) is 0 Å². The van der Waals surface area contributed by atoms with Gasteiger partial charge in [-0.2, -0.15) is 0 Å². The van der Waals surface area contributed by atoms with Gasteiger partial charge in [0, 0.05) is 25.7 Å². The summed E-state index contributed by atoms with van der Waals surface area (Å²) in [7, 11) is 0. The van der Waals surface area contributed by atoms with Crippen LogP contribution in [0.2, 0.25) is 0 Å². The molecule has 1 aromatic rings. The van der Waals surface area contributed by atoms with Crippen LogP contribution in [0.15, 0.2) is 30.3 Å². The highest BCUT2D eigenvalue weighted by Gasteiger charge is 2.32. The minimum absolute atomic E-state index is 0.0991. The van der Waals surface area contributed by atoms with Gasteiger partial charge in [0.25, 0.3) is 0 Å². The SMILES string of the molecule is CC(C)(C)OC(=O)N(CC(=O)O)C1CCN(Cc2ccccc2)CC1. The van der Waals surface area contributed by atoms with Crippen molar-refractivity contribution in [3.63, 3.8) is 0 Å². The van der Waals surface area contributed by atoms with E-state index in [-0.39, 0.29) is 12.6 Å². The molecule has 25 heavy (non-hydrogen) atoms. The maximum atomic E-state index is 12.4. The number of carboxylic acid groups (broad SMARTS) is 1. The van der Waals surface area contributed by atoms with E-state index >= 15 is 0 Å². The van der Waals surface area contributed by atoms with Crippen LogP contribution in [0, 0.1) is 0 Å². The number of carboxylic acids is 1. The highest BCUT2D eigenvalue weighted by atomic mass is 16.6. The molecule has 0 radical (unpaired) electrons. The molecule has 0 bridgehead atoms. The zero-order valence-corrected chi connectivity index (χ0v) is 15.3. The third kappa shape index (κ3) is 6.38. The van der Waals surface area contributed by atoms with Gasteiger partial charge in [0.05, 0.1) is 0 Å². The van der Waals surface area contributed by atoms with Gasteiger partial charge in [0.1, 0.15) is 12.1 Å². The highest BCUT2D eigenvalue weighted by molar-refractivity contribution is 5.77. The Morgan fingerprint density at radius 1 is 1.20 bits per heavy atom. The van der Waals surface area contributed by atoms with Crippen molar-refractivity contribution in [2.45, 2.75) is 51.8 Å². The van der Waals surface area contributed by atoms with E-state index in [4.69, 9.17) is 9.84 Å². The summed E-state index contributed by atoms with van der Waals surface area (Å²) in [5, 5.41) is 9.15. The summed E-state index contributed by atoms with van der Waals surface area (Å²) in [6.07, 6.45) is 0.954. The number of piperidine rings is 1. The first kappa shape index (κ1) is 19.2. The second-order valence-electron chi connectivity index (χ2n) is 7.49. The van der Waals surface area contributed by atoms with Gasteiger partial charge in [0.2, 0.25) is 0 Å². The summed E-state index contributed by atoms with van der Waals surface area (Å²) < 4.78 is 5.39. The quantitative estimate of drug-likeness (QED) is 0.886. The molecular formula is C19H28N2O4. The summed E-state index contributed by atoms with van der Waals surface area (Å²) in [5.41, 5.74) is 0.623. The van der Waals surface area contributed by atoms with Crippen molar-refractivity contribution in [3.05, 3.63) is 35.9 Å². The Kier molecular flexibility index (Phi) is 6.42. The molecule has 0 atom stereocenters. The third-order valence-electron chi connectivity index (χ3n) is 4.18. The molecule has 1 saturated heterocycles. The van der Waals surface area contributed by atoms with Gasteiger partial charge in [-0.05, 0) is 39.2 Å². The number of benzene rings is 1. The molecule has 0 spiro atoms. The molecule has 6 nitrogen and oxygen atoms in total. The Hall–Kier alpha value is -2.08. The first-order valence-electron chi connectivity index (χ1n) is 8.72. The van der Waals surface area contributed by atoms with Crippen LogP contribution in [0.1, 0.15) is 39.2 Å². The van der Waals surface area contributed by atoms with E-state index in [0.29, 0.717) is 0 Å². The van der Waals surface area contributed by atoms with Gasteiger partial charge in [-0.1, -0.05) is 30.3 Å². The number of hydrogen-bond acceptors (Lipinski definition) is 4. The van der Waals surface area contributed by atoms with E-state index in [1.165, 1.54) is 10.5 Å². The Morgan fingerprint density at radius 2 is 1.80 bits per heavy atom. The minimum Gasteiger partial charge on any atom is -0.480 e. The number of carbonyl (C=O) groups is 2. The fraction of sp³-hybridized carbons (Fsp3) is 0.579. The predicted molar refractivity (Wildman–Crippen MR) is 95.3 cm³/mol. The second-order valence-corrected chi connectivity index (χ2v) is 7.49. The number of hydrogen-bond donors (Lipinski definition) is 1. The van der Waals surface area contributed by atoms with Crippen LogP contribution < -0.4 is 0 Å². The first-order chi connectivity index (χ1) is 11.7. The van der Waals surface area contributed by atoms with Crippen LogP contribution in [-0.2, 0) is 16.1 Å². The highest BCUT2D eigenvalue weighted by Crippen LogP contribution is 2.21. The first-order valence-corrected chi connectivity index (χ1v) is 8.72. The zero-order chi connectivity index (χ0) is 18.4. The number of likely N-dealkylation sites (tertiary alicyclic amines) is 1. The molecule has 0 saturated carbocycles. The van der Waals surface area contributed by atoms with E-state index in [1.54, 1.807) is 20.8 Å². The normalized spacial score (nSPS) is 16.4. The van der Waals surface area contributed by atoms with E-state index < -0.39 is 17.7 Å². The lowest BCUT2D eigenvalue weighted by atomic mass is 10.0. The number of ether oxygens (including phenoxy) is 1. The Bertz CT molecular complexity index is 575. The number of carbonyl (C=O) groups excluding carboxylic acids is 1. The van der Waals surface area contributed by atoms with Gasteiger partial charge in [-0.3, -0.25) is 14.6 Å². The molecule has 1 N–H and O–H groups in total. The van der Waals surface area contributed by atoms with E-state index in [9.17, 15) is 9.59 Å². The number of rotatable bonds is 5. The Balaban J connectivity index is 1.94. The lowest BCUT2D eigenvalue weighted by Crippen LogP contribution is -2.50. The van der Waals surface area contributed by atoms with Crippen LogP contribution in [0.3, 0.4) is 0 Å². The molecule has 138 valence electrons. The molecule has 1 fully saturated rings. The van der Waals surface area contributed by atoms with Crippen molar-refractivity contribution in [2.24, 2.45) is 0 Å². The molecule has 1 amide bonds. The molecule has 0 unspecified atom stereocenters. The van der Waals surface area contributed by atoms with E-state index in [2.05, 4.69) is 17.0 Å². The fourth-order valence-corrected chi connectivity index (χ4v) is 3.04. The van der Waals surface area contributed by atoms with Crippen LogP contribution in [0.4, 0.5) is 4.79 Å². The fourth-order valence-electron chi connectivity index (χ4n) is 3.04.